The van der Waals surface area contributed by atoms with Gasteiger partial charge in [0.2, 0.25) is 0 Å². The van der Waals surface area contributed by atoms with Crippen molar-refractivity contribution >= 4 is 27.8 Å². The molecule has 142 valence electrons. The van der Waals surface area contributed by atoms with E-state index in [0.29, 0.717) is 38.6 Å². The number of hydrogen-bond donors (Lipinski definition) is 0. The Hall–Kier alpha value is -3.78. The van der Waals surface area contributed by atoms with Crippen LogP contribution in [0.1, 0.15) is 5.76 Å². The van der Waals surface area contributed by atoms with Crippen LogP contribution >= 0.6 is 11.3 Å². The summed E-state index contributed by atoms with van der Waals surface area (Å²) in [4.78, 5) is 17.8. The molecule has 4 heterocycles. The number of rotatable bonds is 4. The minimum atomic E-state index is -0.376. The van der Waals surface area contributed by atoms with Crippen LogP contribution in [-0.2, 0) is 0 Å². The number of thiophene rings is 1. The fourth-order valence-electron chi connectivity index (χ4n) is 2.97. The predicted octanol–water partition coefficient (Wildman–Crippen LogP) is 5.00. The monoisotopic (exact) mass is 405 g/mol. The van der Waals surface area contributed by atoms with E-state index >= 15 is 0 Å². The van der Waals surface area contributed by atoms with Crippen molar-refractivity contribution in [1.82, 2.24) is 9.66 Å². The number of halogens is 1. The highest BCUT2D eigenvalue weighted by atomic mass is 32.1. The molecule has 0 saturated heterocycles. The summed E-state index contributed by atoms with van der Waals surface area (Å²) in [6.45, 7) is 0. The van der Waals surface area contributed by atoms with Gasteiger partial charge in [-0.25, -0.2) is 9.37 Å². The fourth-order valence-corrected chi connectivity index (χ4v) is 3.85. The van der Waals surface area contributed by atoms with Crippen LogP contribution in [0.15, 0.2) is 85.2 Å². The summed E-state index contributed by atoms with van der Waals surface area (Å²) in [5.74, 6) is 0.979. The smallest absolute Gasteiger partial charge is 0.283 e. The van der Waals surface area contributed by atoms with Gasteiger partial charge in [-0.2, -0.15) is 9.78 Å². The second-order valence-corrected chi connectivity index (χ2v) is 6.99. The predicted molar refractivity (Wildman–Crippen MR) is 109 cm³/mol. The minimum Gasteiger partial charge on any atom is -0.464 e. The number of furan rings is 2. The second-order valence-electron chi connectivity index (χ2n) is 6.13. The number of fused-ring (bicyclic) bond motifs is 1. The first-order valence-electron chi connectivity index (χ1n) is 8.62. The average molecular weight is 405 g/mol. The van der Waals surface area contributed by atoms with Crippen LogP contribution < -0.4 is 5.56 Å². The quantitative estimate of drug-likeness (QED) is 0.395. The highest BCUT2D eigenvalue weighted by Gasteiger charge is 2.15. The summed E-state index contributed by atoms with van der Waals surface area (Å²) in [5, 5.41) is 6.43. The van der Waals surface area contributed by atoms with Crippen molar-refractivity contribution in [2.75, 3.05) is 0 Å². The van der Waals surface area contributed by atoms with Gasteiger partial charge in [0.15, 0.2) is 0 Å². The lowest BCUT2D eigenvalue weighted by molar-refractivity contribution is 0.563. The maximum absolute atomic E-state index is 13.9. The summed E-state index contributed by atoms with van der Waals surface area (Å²) in [7, 11) is 0. The molecule has 0 spiro atoms. The Kier molecular flexibility index (Phi) is 4.18. The second kappa shape index (κ2) is 6.99. The maximum Gasteiger partial charge on any atom is 0.283 e. The standard InChI is InChI=1S/C21H12FN3O3S/c22-16-5-2-1-4-14(16)18-8-7-13(28-18)10-24-25-12-23-20-19(21(25)26)15(11-29-20)17-6-3-9-27-17/h1-12H/b24-10-. The molecule has 8 heteroatoms. The topological polar surface area (TPSA) is 73.5 Å². The zero-order chi connectivity index (χ0) is 19.8. The van der Waals surface area contributed by atoms with E-state index in [1.165, 1.54) is 29.9 Å². The molecule has 0 aliphatic rings. The molecule has 0 amide bonds. The number of hydrogen-bond acceptors (Lipinski definition) is 6. The normalized spacial score (nSPS) is 11.6. The average Bonchev–Trinajstić information content (AvgIpc) is 3.48. The lowest BCUT2D eigenvalue weighted by Gasteiger charge is -1.99. The third-order valence-electron chi connectivity index (χ3n) is 4.34. The SMILES string of the molecule is O=c1c2c(-c3ccco3)csc2ncn1/N=C\c1ccc(-c2ccccc2F)o1. The van der Waals surface area contributed by atoms with Gasteiger partial charge in [-0.3, -0.25) is 4.79 Å². The fraction of sp³-hybridized carbons (Fsp3) is 0. The molecule has 0 aliphatic carbocycles. The summed E-state index contributed by atoms with van der Waals surface area (Å²) in [6, 6.07) is 13.2. The van der Waals surface area contributed by atoms with Gasteiger partial charge in [0.25, 0.3) is 5.56 Å². The highest BCUT2D eigenvalue weighted by molar-refractivity contribution is 7.17. The molecule has 0 aliphatic heterocycles. The van der Waals surface area contributed by atoms with Crippen LogP contribution in [0.2, 0.25) is 0 Å². The van der Waals surface area contributed by atoms with Crippen molar-refractivity contribution in [2.45, 2.75) is 0 Å². The summed E-state index contributed by atoms with van der Waals surface area (Å²) in [5.41, 5.74) is 0.713. The van der Waals surface area contributed by atoms with E-state index in [9.17, 15) is 9.18 Å². The molecule has 29 heavy (non-hydrogen) atoms. The molecule has 0 atom stereocenters. The minimum absolute atomic E-state index is 0.320. The van der Waals surface area contributed by atoms with Crippen LogP contribution in [-0.4, -0.2) is 15.9 Å². The third-order valence-corrected chi connectivity index (χ3v) is 5.23. The first-order valence-corrected chi connectivity index (χ1v) is 9.50. The van der Waals surface area contributed by atoms with Gasteiger partial charge in [0.1, 0.15) is 34.3 Å². The number of nitrogens with zero attached hydrogens (tertiary/aromatic N) is 3. The van der Waals surface area contributed by atoms with Crippen molar-refractivity contribution < 1.29 is 13.2 Å². The van der Waals surface area contributed by atoms with E-state index in [1.807, 2.05) is 5.38 Å². The van der Waals surface area contributed by atoms with E-state index in [2.05, 4.69) is 10.1 Å². The van der Waals surface area contributed by atoms with Gasteiger partial charge in [-0.05, 0) is 36.4 Å². The molecule has 5 aromatic rings. The number of aromatic nitrogens is 2. The highest BCUT2D eigenvalue weighted by Crippen LogP contribution is 2.30. The van der Waals surface area contributed by atoms with Crippen molar-refractivity contribution in [2.24, 2.45) is 5.10 Å². The molecular weight excluding hydrogens is 393 g/mol. The number of benzene rings is 1. The van der Waals surface area contributed by atoms with E-state index in [0.717, 1.165) is 4.68 Å². The molecule has 4 aromatic heterocycles. The van der Waals surface area contributed by atoms with E-state index in [1.54, 1.807) is 48.7 Å². The zero-order valence-corrected chi connectivity index (χ0v) is 15.6. The molecule has 0 N–H and O–H groups in total. The molecule has 0 saturated carbocycles. The van der Waals surface area contributed by atoms with Crippen LogP contribution in [0, 0.1) is 5.82 Å². The summed E-state index contributed by atoms with van der Waals surface area (Å²) < 4.78 is 26.1. The van der Waals surface area contributed by atoms with Crippen LogP contribution in [0.5, 0.6) is 0 Å². The van der Waals surface area contributed by atoms with Crippen LogP contribution in [0.3, 0.4) is 0 Å². The Morgan fingerprint density at radius 3 is 2.79 bits per heavy atom. The van der Waals surface area contributed by atoms with Crippen molar-refractivity contribution in [3.05, 3.63) is 88.4 Å². The van der Waals surface area contributed by atoms with Gasteiger partial charge < -0.3 is 8.83 Å². The Labute approximate surface area is 167 Å². The van der Waals surface area contributed by atoms with Gasteiger partial charge in [0.05, 0.1) is 23.4 Å². The van der Waals surface area contributed by atoms with Gasteiger partial charge in [0, 0.05) is 10.9 Å². The van der Waals surface area contributed by atoms with E-state index in [4.69, 9.17) is 8.83 Å². The summed E-state index contributed by atoms with van der Waals surface area (Å²) >= 11 is 1.36. The van der Waals surface area contributed by atoms with Gasteiger partial charge >= 0.3 is 0 Å². The lowest BCUT2D eigenvalue weighted by Crippen LogP contribution is -2.16. The molecular formula is C21H12FN3O3S. The van der Waals surface area contributed by atoms with Crippen LogP contribution in [0.4, 0.5) is 4.39 Å². The van der Waals surface area contributed by atoms with Crippen molar-refractivity contribution in [3.63, 3.8) is 0 Å². The molecule has 5 rings (SSSR count). The lowest BCUT2D eigenvalue weighted by atomic mass is 10.1. The Morgan fingerprint density at radius 2 is 1.97 bits per heavy atom. The summed E-state index contributed by atoms with van der Waals surface area (Å²) in [6.07, 6.45) is 4.29. The maximum atomic E-state index is 13.9. The molecule has 0 radical (unpaired) electrons. The first-order chi connectivity index (χ1) is 14.2. The molecule has 0 fully saturated rings. The zero-order valence-electron chi connectivity index (χ0n) is 14.8. The third kappa shape index (κ3) is 3.09. The largest absolute Gasteiger partial charge is 0.464 e. The Balaban J connectivity index is 1.50. The van der Waals surface area contributed by atoms with E-state index in [-0.39, 0.29) is 11.4 Å². The molecule has 1 aromatic carbocycles. The Morgan fingerprint density at radius 1 is 1.07 bits per heavy atom. The van der Waals surface area contributed by atoms with Crippen LogP contribution in [0.25, 0.3) is 32.9 Å². The molecule has 6 nitrogen and oxygen atoms in total. The molecule has 0 unspecified atom stereocenters. The van der Waals surface area contributed by atoms with Crippen molar-refractivity contribution in [1.29, 1.82) is 0 Å². The Bertz CT molecular complexity index is 1400. The van der Waals surface area contributed by atoms with Crippen molar-refractivity contribution in [3.8, 4) is 22.6 Å². The van der Waals surface area contributed by atoms with Gasteiger partial charge in [-0.15, -0.1) is 11.3 Å². The molecule has 0 bridgehead atoms. The van der Waals surface area contributed by atoms with E-state index < -0.39 is 0 Å². The first kappa shape index (κ1) is 17.3. The van der Waals surface area contributed by atoms with Gasteiger partial charge in [-0.1, -0.05) is 12.1 Å².